The van der Waals surface area contributed by atoms with E-state index in [9.17, 15) is 4.39 Å². The molecule has 24 heavy (non-hydrogen) atoms. The van der Waals surface area contributed by atoms with Crippen molar-refractivity contribution in [3.05, 3.63) is 41.5 Å². The SMILES string of the molecule is COc1c(C)cncc1-c1cc2c(cc1F)N(C(C)=N)C(=N)CC2. The lowest BCUT2D eigenvalue weighted by atomic mass is 9.94. The molecule has 124 valence electrons. The summed E-state index contributed by atoms with van der Waals surface area (Å²) >= 11 is 0. The first-order valence-electron chi connectivity index (χ1n) is 7.68. The summed E-state index contributed by atoms with van der Waals surface area (Å²) in [6.07, 6.45) is 4.45. The number of pyridine rings is 1. The van der Waals surface area contributed by atoms with Gasteiger partial charge in [0, 0.05) is 35.5 Å². The Hall–Kier alpha value is -2.76. The second kappa shape index (κ2) is 6.03. The number of nitrogens with zero attached hydrogens (tertiary/aromatic N) is 2. The molecule has 2 heterocycles. The minimum Gasteiger partial charge on any atom is -0.496 e. The molecule has 2 aromatic rings. The summed E-state index contributed by atoms with van der Waals surface area (Å²) in [5.41, 5.74) is 3.36. The van der Waals surface area contributed by atoms with Gasteiger partial charge in [0.15, 0.2) is 0 Å². The van der Waals surface area contributed by atoms with E-state index in [2.05, 4.69) is 4.98 Å². The maximum Gasteiger partial charge on any atom is 0.133 e. The first-order valence-corrected chi connectivity index (χ1v) is 7.68. The van der Waals surface area contributed by atoms with Crippen LogP contribution in [0.1, 0.15) is 24.5 Å². The number of methoxy groups -OCH3 is 1. The van der Waals surface area contributed by atoms with Crippen molar-refractivity contribution < 1.29 is 9.13 Å². The number of rotatable bonds is 2. The van der Waals surface area contributed by atoms with E-state index in [1.54, 1.807) is 32.5 Å². The number of nitrogens with one attached hydrogen (secondary N) is 2. The third-order valence-electron chi connectivity index (χ3n) is 4.21. The van der Waals surface area contributed by atoms with Crippen LogP contribution in [0.5, 0.6) is 5.75 Å². The number of anilines is 1. The zero-order valence-corrected chi connectivity index (χ0v) is 13.9. The van der Waals surface area contributed by atoms with Crippen LogP contribution in [0.15, 0.2) is 24.5 Å². The van der Waals surface area contributed by atoms with Crippen molar-refractivity contribution in [1.82, 2.24) is 4.98 Å². The third kappa shape index (κ3) is 2.54. The van der Waals surface area contributed by atoms with Crippen LogP contribution in [-0.2, 0) is 6.42 Å². The molecular weight excluding hydrogens is 307 g/mol. The van der Waals surface area contributed by atoms with Gasteiger partial charge in [0.25, 0.3) is 0 Å². The molecule has 0 unspecified atom stereocenters. The summed E-state index contributed by atoms with van der Waals surface area (Å²) in [6, 6.07) is 3.18. The fraction of sp³-hybridized carbons (Fsp3) is 0.278. The number of ether oxygens (including phenoxy) is 1. The van der Waals surface area contributed by atoms with Crippen LogP contribution in [0.3, 0.4) is 0 Å². The van der Waals surface area contributed by atoms with Crippen molar-refractivity contribution in [3.63, 3.8) is 0 Å². The van der Waals surface area contributed by atoms with Crippen molar-refractivity contribution in [3.8, 4) is 16.9 Å². The molecular formula is C18H19FN4O. The van der Waals surface area contributed by atoms with Crippen molar-refractivity contribution in [2.45, 2.75) is 26.7 Å². The minimum absolute atomic E-state index is 0.211. The van der Waals surface area contributed by atoms with E-state index in [-0.39, 0.29) is 5.84 Å². The normalized spacial score (nSPS) is 13.7. The fourth-order valence-electron chi connectivity index (χ4n) is 3.13. The third-order valence-corrected chi connectivity index (χ3v) is 4.21. The predicted molar refractivity (Wildman–Crippen MR) is 92.8 cm³/mol. The van der Waals surface area contributed by atoms with Gasteiger partial charge >= 0.3 is 0 Å². The second-order valence-electron chi connectivity index (χ2n) is 5.87. The summed E-state index contributed by atoms with van der Waals surface area (Å²) in [7, 11) is 1.56. The van der Waals surface area contributed by atoms with E-state index in [1.807, 2.05) is 6.92 Å². The van der Waals surface area contributed by atoms with E-state index in [0.29, 0.717) is 41.2 Å². The summed E-state index contributed by atoms with van der Waals surface area (Å²) in [4.78, 5) is 5.64. The maximum absolute atomic E-state index is 14.8. The van der Waals surface area contributed by atoms with Gasteiger partial charge in [-0.15, -0.1) is 0 Å². The second-order valence-corrected chi connectivity index (χ2v) is 5.87. The number of fused-ring (bicyclic) bond motifs is 1. The highest BCUT2D eigenvalue weighted by molar-refractivity contribution is 6.17. The summed E-state index contributed by atoms with van der Waals surface area (Å²) in [5, 5.41) is 15.9. The van der Waals surface area contributed by atoms with Gasteiger partial charge in [-0.05, 0) is 38.0 Å². The van der Waals surface area contributed by atoms with Gasteiger partial charge in [-0.25, -0.2) is 4.39 Å². The van der Waals surface area contributed by atoms with Crippen LogP contribution in [0.2, 0.25) is 0 Å². The average molecular weight is 326 g/mol. The number of amidine groups is 2. The van der Waals surface area contributed by atoms with Crippen molar-refractivity contribution >= 4 is 17.4 Å². The van der Waals surface area contributed by atoms with Gasteiger partial charge in [0.05, 0.1) is 12.8 Å². The number of benzene rings is 1. The Kier molecular flexibility index (Phi) is 4.05. The van der Waals surface area contributed by atoms with Crippen LogP contribution < -0.4 is 9.64 Å². The van der Waals surface area contributed by atoms with Gasteiger partial charge in [0.1, 0.15) is 23.2 Å². The number of aromatic nitrogens is 1. The van der Waals surface area contributed by atoms with Gasteiger partial charge < -0.3 is 4.74 Å². The van der Waals surface area contributed by atoms with Crippen molar-refractivity contribution in [2.24, 2.45) is 0 Å². The number of halogens is 1. The van der Waals surface area contributed by atoms with Crippen LogP contribution in [-0.4, -0.2) is 23.8 Å². The van der Waals surface area contributed by atoms with Gasteiger partial charge in [-0.3, -0.25) is 20.7 Å². The average Bonchev–Trinajstić information content (AvgIpc) is 2.53. The molecule has 3 rings (SSSR count). The Bertz CT molecular complexity index is 847. The molecule has 1 aromatic carbocycles. The molecule has 0 saturated carbocycles. The quantitative estimate of drug-likeness (QED) is 0.648. The molecule has 0 saturated heterocycles. The highest BCUT2D eigenvalue weighted by atomic mass is 19.1. The van der Waals surface area contributed by atoms with Gasteiger partial charge in [-0.2, -0.15) is 0 Å². The number of aryl methyl sites for hydroxylation is 2. The van der Waals surface area contributed by atoms with E-state index in [1.165, 1.54) is 11.0 Å². The first kappa shape index (κ1) is 16.1. The lowest BCUT2D eigenvalue weighted by Crippen LogP contribution is -2.38. The number of hydrogen-bond donors (Lipinski definition) is 2. The molecule has 0 bridgehead atoms. The largest absolute Gasteiger partial charge is 0.496 e. The standard InChI is InChI=1S/C18H19FN4O/c1-10-8-22-9-14(18(10)24-3)13-6-12-4-5-17(21)23(11(2)20)16(12)7-15(13)19/h6-9,20-21H,4-5H2,1-3H3. The fourth-order valence-corrected chi connectivity index (χ4v) is 3.13. The number of hydrogen-bond acceptors (Lipinski definition) is 4. The topological polar surface area (TPSA) is 73.1 Å². The lowest BCUT2D eigenvalue weighted by Gasteiger charge is -2.31. The highest BCUT2D eigenvalue weighted by Crippen LogP contribution is 2.38. The zero-order chi connectivity index (χ0) is 17.4. The predicted octanol–water partition coefficient (Wildman–Crippen LogP) is 3.93. The molecule has 0 radical (unpaired) electrons. The summed E-state index contributed by atoms with van der Waals surface area (Å²) < 4.78 is 20.2. The van der Waals surface area contributed by atoms with Crippen LogP contribution >= 0.6 is 0 Å². The Morgan fingerprint density at radius 2 is 2.00 bits per heavy atom. The summed E-state index contributed by atoms with van der Waals surface area (Å²) in [5.74, 6) is 0.716. The Labute approximate surface area is 140 Å². The van der Waals surface area contributed by atoms with Crippen molar-refractivity contribution in [1.29, 1.82) is 10.8 Å². The van der Waals surface area contributed by atoms with Crippen LogP contribution in [0, 0.1) is 23.6 Å². The molecule has 2 N–H and O–H groups in total. The maximum atomic E-state index is 14.8. The van der Waals surface area contributed by atoms with Crippen molar-refractivity contribution in [2.75, 3.05) is 12.0 Å². The zero-order valence-electron chi connectivity index (χ0n) is 13.9. The minimum atomic E-state index is -0.416. The molecule has 0 fully saturated rings. The Balaban J connectivity index is 2.19. The highest BCUT2D eigenvalue weighted by Gasteiger charge is 2.26. The van der Waals surface area contributed by atoms with E-state index in [4.69, 9.17) is 15.6 Å². The smallest absolute Gasteiger partial charge is 0.133 e. The molecule has 0 spiro atoms. The molecule has 0 atom stereocenters. The molecule has 0 amide bonds. The van der Waals surface area contributed by atoms with Crippen LogP contribution in [0.25, 0.3) is 11.1 Å². The lowest BCUT2D eigenvalue weighted by molar-refractivity contribution is 0.412. The molecule has 1 aromatic heterocycles. The van der Waals surface area contributed by atoms with E-state index < -0.39 is 5.82 Å². The molecule has 6 heteroatoms. The molecule has 1 aliphatic rings. The Morgan fingerprint density at radius 1 is 1.25 bits per heavy atom. The van der Waals surface area contributed by atoms with E-state index in [0.717, 1.165) is 11.1 Å². The first-order chi connectivity index (χ1) is 11.4. The molecule has 0 aliphatic carbocycles. The monoisotopic (exact) mass is 326 g/mol. The molecule has 5 nitrogen and oxygen atoms in total. The molecule has 1 aliphatic heterocycles. The van der Waals surface area contributed by atoms with E-state index >= 15 is 0 Å². The summed E-state index contributed by atoms with van der Waals surface area (Å²) in [6.45, 7) is 3.47. The van der Waals surface area contributed by atoms with Gasteiger partial charge in [0.2, 0.25) is 0 Å². The van der Waals surface area contributed by atoms with Crippen LogP contribution in [0.4, 0.5) is 10.1 Å². The Morgan fingerprint density at radius 3 is 2.67 bits per heavy atom. The van der Waals surface area contributed by atoms with Gasteiger partial charge in [-0.1, -0.05) is 0 Å².